The third-order valence-electron chi connectivity index (χ3n) is 5.45. The molecule has 0 aromatic heterocycles. The molecule has 1 fully saturated rings. The van der Waals surface area contributed by atoms with E-state index in [-0.39, 0.29) is 18.4 Å². The van der Waals surface area contributed by atoms with Gasteiger partial charge in [0, 0.05) is 30.0 Å². The van der Waals surface area contributed by atoms with Crippen LogP contribution in [0, 0.1) is 6.92 Å². The fourth-order valence-corrected chi connectivity index (χ4v) is 3.84. The van der Waals surface area contributed by atoms with Crippen LogP contribution in [-0.4, -0.2) is 36.3 Å². The van der Waals surface area contributed by atoms with Gasteiger partial charge in [0.1, 0.15) is 0 Å². The van der Waals surface area contributed by atoms with Gasteiger partial charge in [-0.15, -0.1) is 0 Å². The molecule has 29 heavy (non-hydrogen) atoms. The van der Waals surface area contributed by atoms with E-state index in [1.54, 1.807) is 6.07 Å². The Bertz CT molecular complexity index is 855. The number of rotatable bonds is 6. The van der Waals surface area contributed by atoms with E-state index in [0.717, 1.165) is 43.6 Å². The number of likely N-dealkylation sites (tertiary alicyclic amines) is 1. The molecule has 1 aliphatic heterocycles. The molecule has 1 aliphatic rings. The van der Waals surface area contributed by atoms with Gasteiger partial charge in [-0.05, 0) is 55.5 Å². The van der Waals surface area contributed by atoms with E-state index in [0.29, 0.717) is 11.3 Å². The minimum Gasteiger partial charge on any atom is -0.376 e. The highest BCUT2D eigenvalue weighted by Crippen LogP contribution is 2.21. The molecule has 0 bridgehead atoms. The van der Waals surface area contributed by atoms with Gasteiger partial charge in [0.25, 0.3) is 5.91 Å². The summed E-state index contributed by atoms with van der Waals surface area (Å²) in [6, 6.07) is 13.4. The number of carbonyl (C=O) groups excluding carboxylic acids is 2. The van der Waals surface area contributed by atoms with Gasteiger partial charge in [-0.2, -0.15) is 0 Å². The van der Waals surface area contributed by atoms with Crippen molar-refractivity contribution in [3.8, 4) is 0 Å². The Morgan fingerprint density at radius 1 is 1.00 bits per heavy atom. The molecule has 3 rings (SSSR count). The quantitative estimate of drug-likeness (QED) is 0.752. The van der Waals surface area contributed by atoms with Crippen molar-refractivity contribution in [3.63, 3.8) is 0 Å². The van der Waals surface area contributed by atoms with E-state index in [1.165, 1.54) is 18.4 Å². The minimum absolute atomic E-state index is 0.0496. The SMILES string of the molecule is CCc1cccc(C)c1NCC(=O)Nc1cccc(C(=O)N2CCCCCC2)c1. The Hall–Kier alpha value is -2.82. The number of anilines is 2. The second-order valence-corrected chi connectivity index (χ2v) is 7.65. The maximum Gasteiger partial charge on any atom is 0.253 e. The Labute approximate surface area is 173 Å². The first-order valence-electron chi connectivity index (χ1n) is 10.6. The number of hydrogen-bond donors (Lipinski definition) is 2. The number of nitrogens with zero attached hydrogens (tertiary/aromatic N) is 1. The van der Waals surface area contributed by atoms with E-state index < -0.39 is 0 Å². The lowest BCUT2D eigenvalue weighted by Gasteiger charge is -2.20. The summed E-state index contributed by atoms with van der Waals surface area (Å²) in [4.78, 5) is 27.2. The van der Waals surface area contributed by atoms with Crippen molar-refractivity contribution in [2.45, 2.75) is 46.0 Å². The van der Waals surface area contributed by atoms with E-state index in [4.69, 9.17) is 0 Å². The third kappa shape index (κ3) is 5.59. The van der Waals surface area contributed by atoms with Crippen LogP contribution in [-0.2, 0) is 11.2 Å². The summed E-state index contributed by atoms with van der Waals surface area (Å²) < 4.78 is 0. The van der Waals surface area contributed by atoms with Crippen LogP contribution < -0.4 is 10.6 Å². The fourth-order valence-electron chi connectivity index (χ4n) is 3.84. The molecule has 154 valence electrons. The predicted molar refractivity (Wildman–Crippen MR) is 118 cm³/mol. The topological polar surface area (TPSA) is 61.4 Å². The van der Waals surface area contributed by atoms with Crippen LogP contribution in [0.15, 0.2) is 42.5 Å². The third-order valence-corrected chi connectivity index (χ3v) is 5.45. The van der Waals surface area contributed by atoms with Gasteiger partial charge in [-0.1, -0.05) is 44.0 Å². The number of carbonyl (C=O) groups is 2. The Balaban J connectivity index is 1.61. The predicted octanol–water partition coefficient (Wildman–Crippen LogP) is 4.62. The standard InChI is InChI=1S/C24H31N3O2/c1-3-19-11-8-10-18(2)23(19)25-17-22(28)26-21-13-9-12-20(16-21)24(29)27-14-6-4-5-7-15-27/h8-13,16,25H,3-7,14-15,17H2,1-2H3,(H,26,28). The lowest BCUT2D eigenvalue weighted by Crippen LogP contribution is -2.31. The van der Waals surface area contributed by atoms with Crippen molar-refractivity contribution >= 4 is 23.2 Å². The summed E-state index contributed by atoms with van der Waals surface area (Å²) in [6.45, 7) is 5.96. The van der Waals surface area contributed by atoms with Gasteiger partial charge in [0.05, 0.1) is 6.54 Å². The maximum absolute atomic E-state index is 12.8. The number of hydrogen-bond acceptors (Lipinski definition) is 3. The summed E-state index contributed by atoms with van der Waals surface area (Å²) in [5.41, 5.74) is 4.63. The van der Waals surface area contributed by atoms with Crippen molar-refractivity contribution in [1.29, 1.82) is 0 Å². The summed E-state index contributed by atoms with van der Waals surface area (Å²) in [7, 11) is 0. The molecule has 0 saturated carbocycles. The van der Waals surface area contributed by atoms with Gasteiger partial charge in [0.2, 0.25) is 5.91 Å². The van der Waals surface area contributed by atoms with Crippen LogP contribution in [0.1, 0.15) is 54.1 Å². The Kier molecular flexibility index (Phi) is 7.28. The highest BCUT2D eigenvalue weighted by atomic mass is 16.2. The number of aryl methyl sites for hydroxylation is 2. The summed E-state index contributed by atoms with van der Waals surface area (Å²) >= 11 is 0. The molecule has 5 heteroatoms. The first-order valence-corrected chi connectivity index (χ1v) is 10.6. The number of nitrogens with one attached hydrogen (secondary N) is 2. The first-order chi connectivity index (χ1) is 14.1. The second-order valence-electron chi connectivity index (χ2n) is 7.65. The van der Waals surface area contributed by atoms with Crippen molar-refractivity contribution in [3.05, 3.63) is 59.2 Å². The van der Waals surface area contributed by atoms with Crippen LogP contribution in [0.25, 0.3) is 0 Å². The van der Waals surface area contributed by atoms with Gasteiger partial charge < -0.3 is 15.5 Å². The van der Waals surface area contributed by atoms with Crippen LogP contribution in [0.3, 0.4) is 0 Å². The fraction of sp³-hybridized carbons (Fsp3) is 0.417. The molecule has 5 nitrogen and oxygen atoms in total. The maximum atomic E-state index is 12.8. The molecule has 0 aliphatic carbocycles. The highest BCUT2D eigenvalue weighted by molar-refractivity contribution is 5.98. The molecular formula is C24H31N3O2. The molecule has 0 radical (unpaired) electrons. The lowest BCUT2D eigenvalue weighted by atomic mass is 10.1. The monoisotopic (exact) mass is 393 g/mol. The number of para-hydroxylation sites is 1. The second kappa shape index (κ2) is 10.1. The molecule has 0 atom stereocenters. The molecule has 1 saturated heterocycles. The Morgan fingerprint density at radius 2 is 1.72 bits per heavy atom. The first kappa shape index (κ1) is 20.9. The average Bonchev–Trinajstić information content (AvgIpc) is 3.02. The van der Waals surface area contributed by atoms with Crippen LogP contribution >= 0.6 is 0 Å². The van der Waals surface area contributed by atoms with Crippen LogP contribution in [0.2, 0.25) is 0 Å². The van der Waals surface area contributed by atoms with Gasteiger partial charge >= 0.3 is 0 Å². The van der Waals surface area contributed by atoms with Crippen LogP contribution in [0.4, 0.5) is 11.4 Å². The minimum atomic E-state index is -0.130. The van der Waals surface area contributed by atoms with E-state index in [9.17, 15) is 9.59 Å². The molecule has 1 heterocycles. The van der Waals surface area contributed by atoms with Crippen molar-refractivity contribution < 1.29 is 9.59 Å². The molecule has 2 amide bonds. The van der Waals surface area contributed by atoms with E-state index >= 15 is 0 Å². The molecule has 2 N–H and O–H groups in total. The van der Waals surface area contributed by atoms with Gasteiger partial charge in [-0.3, -0.25) is 9.59 Å². The highest BCUT2D eigenvalue weighted by Gasteiger charge is 2.17. The van der Waals surface area contributed by atoms with Gasteiger partial charge in [0.15, 0.2) is 0 Å². The molecule has 2 aromatic rings. The number of benzene rings is 2. The smallest absolute Gasteiger partial charge is 0.253 e. The largest absolute Gasteiger partial charge is 0.376 e. The Morgan fingerprint density at radius 3 is 2.45 bits per heavy atom. The molecule has 0 unspecified atom stereocenters. The van der Waals surface area contributed by atoms with Crippen LogP contribution in [0.5, 0.6) is 0 Å². The summed E-state index contributed by atoms with van der Waals surface area (Å²) in [5.74, 6) is -0.0803. The summed E-state index contributed by atoms with van der Waals surface area (Å²) in [5, 5.41) is 6.17. The summed E-state index contributed by atoms with van der Waals surface area (Å²) in [6.07, 6.45) is 5.41. The zero-order valence-corrected chi connectivity index (χ0v) is 17.5. The van der Waals surface area contributed by atoms with Crippen molar-refractivity contribution in [2.24, 2.45) is 0 Å². The lowest BCUT2D eigenvalue weighted by molar-refractivity contribution is -0.114. The molecule has 0 spiro atoms. The van der Waals surface area contributed by atoms with Crippen molar-refractivity contribution in [2.75, 3.05) is 30.3 Å². The average molecular weight is 394 g/mol. The zero-order chi connectivity index (χ0) is 20.6. The van der Waals surface area contributed by atoms with E-state index in [1.807, 2.05) is 42.2 Å². The van der Waals surface area contributed by atoms with Gasteiger partial charge in [-0.25, -0.2) is 0 Å². The zero-order valence-electron chi connectivity index (χ0n) is 17.5. The van der Waals surface area contributed by atoms with Crippen molar-refractivity contribution in [1.82, 2.24) is 4.90 Å². The molecule has 2 aromatic carbocycles. The van der Waals surface area contributed by atoms with E-state index in [2.05, 4.69) is 23.6 Å². The molecular weight excluding hydrogens is 362 g/mol. The normalized spacial score (nSPS) is 14.2. The number of amides is 2.